The molecule has 10 heteroatoms. The number of nitrogens with zero attached hydrogens (tertiary/aromatic N) is 1. The van der Waals surface area contributed by atoms with E-state index in [0.29, 0.717) is 28.5 Å². The van der Waals surface area contributed by atoms with Gasteiger partial charge in [-0.05, 0) is 66.9 Å². The van der Waals surface area contributed by atoms with Gasteiger partial charge in [-0.15, -0.1) is 0 Å². The molecule has 10 nitrogen and oxygen atoms in total. The van der Waals surface area contributed by atoms with Crippen molar-refractivity contribution in [1.82, 2.24) is 5.32 Å². The van der Waals surface area contributed by atoms with Gasteiger partial charge in [0, 0.05) is 0 Å². The third-order valence-electron chi connectivity index (χ3n) is 5.84. The van der Waals surface area contributed by atoms with Crippen molar-refractivity contribution in [2.24, 2.45) is 0 Å². The Labute approximate surface area is 212 Å². The van der Waals surface area contributed by atoms with Gasteiger partial charge in [0.05, 0.1) is 19.9 Å². The fourth-order valence-electron chi connectivity index (χ4n) is 3.73. The van der Waals surface area contributed by atoms with E-state index >= 15 is 0 Å². The van der Waals surface area contributed by atoms with Gasteiger partial charge in [-0.2, -0.15) is 0 Å². The summed E-state index contributed by atoms with van der Waals surface area (Å²) >= 11 is 0. The highest BCUT2D eigenvalue weighted by molar-refractivity contribution is 6.39. The lowest BCUT2D eigenvalue weighted by Crippen LogP contribution is -2.54. The molecule has 37 heavy (non-hydrogen) atoms. The molecule has 0 radical (unpaired) electrons. The first-order valence-corrected chi connectivity index (χ1v) is 11.2. The number of esters is 1. The number of furan rings is 1. The Morgan fingerprint density at radius 1 is 1.03 bits per heavy atom. The van der Waals surface area contributed by atoms with Crippen LogP contribution in [0, 0.1) is 13.8 Å². The standard InChI is InChI=1S/C27H24N2O8/c1-15-6-5-7-20(16(15)2)29-25(31)19(24(30)28-27(29)33)12-17-8-10-21(23(13-17)34-3)36-14-18-9-11-22(37-18)26(32)35-4/h5-13H,14H2,1-4H3,(H,28,30,33)/b19-12-. The Balaban J connectivity index is 1.58. The number of carbonyl (C=O) groups is 4. The highest BCUT2D eigenvalue weighted by atomic mass is 16.5. The lowest BCUT2D eigenvalue weighted by atomic mass is 10.0. The average Bonchev–Trinajstić information content (AvgIpc) is 3.36. The molecule has 2 heterocycles. The van der Waals surface area contributed by atoms with Gasteiger partial charge in [-0.1, -0.05) is 18.2 Å². The van der Waals surface area contributed by atoms with Gasteiger partial charge in [0.25, 0.3) is 11.8 Å². The Morgan fingerprint density at radius 2 is 1.81 bits per heavy atom. The molecule has 4 amide bonds. The summed E-state index contributed by atoms with van der Waals surface area (Å²) in [5.41, 5.74) is 2.32. The molecule has 0 bridgehead atoms. The molecule has 0 unspecified atom stereocenters. The lowest BCUT2D eigenvalue weighted by Gasteiger charge is -2.28. The first kappa shape index (κ1) is 25.2. The van der Waals surface area contributed by atoms with Gasteiger partial charge in [0.1, 0.15) is 17.9 Å². The third kappa shape index (κ3) is 5.08. The van der Waals surface area contributed by atoms with Gasteiger partial charge in [-0.3, -0.25) is 14.9 Å². The Kier molecular flexibility index (Phi) is 7.10. The second-order valence-electron chi connectivity index (χ2n) is 8.13. The summed E-state index contributed by atoms with van der Waals surface area (Å²) in [6, 6.07) is 12.3. The number of hydrogen-bond donors (Lipinski definition) is 1. The van der Waals surface area contributed by atoms with Crippen LogP contribution in [0.1, 0.15) is 33.0 Å². The van der Waals surface area contributed by atoms with Crippen LogP contribution in [0.3, 0.4) is 0 Å². The molecule has 1 fully saturated rings. The van der Waals surface area contributed by atoms with Crippen molar-refractivity contribution in [2.45, 2.75) is 20.5 Å². The number of nitrogens with one attached hydrogen (secondary N) is 1. The minimum atomic E-state index is -0.810. The Morgan fingerprint density at radius 3 is 2.54 bits per heavy atom. The number of carbonyl (C=O) groups excluding carboxylic acids is 4. The number of barbiturate groups is 1. The van der Waals surface area contributed by atoms with Gasteiger partial charge < -0.3 is 18.6 Å². The lowest BCUT2D eigenvalue weighted by molar-refractivity contribution is -0.122. The smallest absolute Gasteiger partial charge is 0.373 e. The summed E-state index contributed by atoms with van der Waals surface area (Å²) < 4.78 is 21.2. The number of aryl methyl sites for hydroxylation is 1. The minimum absolute atomic E-state index is 0.0155. The topological polar surface area (TPSA) is 124 Å². The molecular formula is C27H24N2O8. The van der Waals surface area contributed by atoms with Crippen molar-refractivity contribution in [1.29, 1.82) is 0 Å². The molecule has 4 rings (SSSR count). The number of amides is 4. The van der Waals surface area contributed by atoms with Gasteiger partial charge >= 0.3 is 12.0 Å². The molecule has 1 N–H and O–H groups in total. The van der Waals surface area contributed by atoms with Crippen LogP contribution in [0.4, 0.5) is 10.5 Å². The zero-order chi connectivity index (χ0) is 26.7. The Hall–Kier alpha value is -4.86. The summed E-state index contributed by atoms with van der Waals surface area (Å²) in [5.74, 6) is -0.975. The highest BCUT2D eigenvalue weighted by Crippen LogP contribution is 2.31. The maximum absolute atomic E-state index is 13.2. The number of methoxy groups -OCH3 is 2. The monoisotopic (exact) mass is 504 g/mol. The summed E-state index contributed by atoms with van der Waals surface area (Å²) in [7, 11) is 2.70. The summed E-state index contributed by atoms with van der Waals surface area (Å²) in [6.07, 6.45) is 1.38. The summed E-state index contributed by atoms with van der Waals surface area (Å²) in [4.78, 5) is 50.8. The van der Waals surface area contributed by atoms with Crippen molar-refractivity contribution in [3.8, 4) is 11.5 Å². The van der Waals surface area contributed by atoms with E-state index in [0.717, 1.165) is 16.0 Å². The number of benzene rings is 2. The number of ether oxygens (including phenoxy) is 3. The van der Waals surface area contributed by atoms with E-state index in [-0.39, 0.29) is 17.9 Å². The third-order valence-corrected chi connectivity index (χ3v) is 5.84. The van der Waals surface area contributed by atoms with Crippen LogP contribution in [0.25, 0.3) is 6.08 Å². The molecule has 1 aromatic heterocycles. The van der Waals surface area contributed by atoms with E-state index in [1.54, 1.807) is 43.3 Å². The van der Waals surface area contributed by atoms with E-state index < -0.39 is 23.8 Å². The molecule has 190 valence electrons. The van der Waals surface area contributed by atoms with Gasteiger partial charge in [0.2, 0.25) is 5.76 Å². The summed E-state index contributed by atoms with van der Waals surface area (Å²) in [5, 5.41) is 2.23. The van der Waals surface area contributed by atoms with E-state index in [9.17, 15) is 19.2 Å². The average molecular weight is 504 g/mol. The van der Waals surface area contributed by atoms with Gasteiger partial charge in [-0.25, -0.2) is 14.5 Å². The SMILES string of the molecule is COC(=O)c1ccc(COc2ccc(/C=C3/C(=O)NC(=O)N(c4cccc(C)c4C)C3=O)cc2OC)o1. The first-order chi connectivity index (χ1) is 17.7. The summed E-state index contributed by atoms with van der Waals surface area (Å²) in [6.45, 7) is 3.68. The molecule has 0 atom stereocenters. The number of rotatable bonds is 7. The second kappa shape index (κ2) is 10.4. The molecular weight excluding hydrogens is 480 g/mol. The van der Waals surface area contributed by atoms with Crippen LogP contribution >= 0.6 is 0 Å². The maximum atomic E-state index is 13.2. The molecule has 1 aliphatic heterocycles. The fourth-order valence-corrected chi connectivity index (χ4v) is 3.73. The van der Waals surface area contributed by atoms with Crippen molar-refractivity contribution in [3.05, 3.63) is 82.3 Å². The van der Waals surface area contributed by atoms with Crippen LogP contribution in [0.5, 0.6) is 11.5 Å². The van der Waals surface area contributed by atoms with E-state index in [1.807, 2.05) is 13.0 Å². The molecule has 1 aliphatic rings. The number of urea groups is 1. The van der Waals surface area contributed by atoms with E-state index in [2.05, 4.69) is 10.1 Å². The molecule has 2 aromatic carbocycles. The van der Waals surface area contributed by atoms with Crippen LogP contribution in [-0.2, 0) is 20.9 Å². The van der Waals surface area contributed by atoms with Crippen molar-refractivity contribution >= 4 is 35.6 Å². The quantitative estimate of drug-likeness (QED) is 0.292. The van der Waals surface area contributed by atoms with Crippen molar-refractivity contribution in [2.75, 3.05) is 19.1 Å². The first-order valence-electron chi connectivity index (χ1n) is 11.2. The van der Waals surface area contributed by atoms with Crippen LogP contribution in [0.2, 0.25) is 0 Å². The molecule has 3 aromatic rings. The highest BCUT2D eigenvalue weighted by Gasteiger charge is 2.37. The predicted octanol–water partition coefficient (Wildman–Crippen LogP) is 3.94. The maximum Gasteiger partial charge on any atom is 0.373 e. The van der Waals surface area contributed by atoms with Gasteiger partial charge in [0.15, 0.2) is 11.5 Å². The number of imide groups is 2. The van der Waals surface area contributed by atoms with Crippen molar-refractivity contribution < 1.29 is 37.8 Å². The van der Waals surface area contributed by atoms with Crippen LogP contribution in [-0.4, -0.2) is 38.0 Å². The minimum Gasteiger partial charge on any atom is -0.493 e. The molecule has 0 aliphatic carbocycles. The predicted molar refractivity (Wildman–Crippen MR) is 132 cm³/mol. The second-order valence-corrected chi connectivity index (χ2v) is 8.13. The normalized spacial score (nSPS) is 14.5. The Bertz CT molecular complexity index is 1440. The van der Waals surface area contributed by atoms with Crippen LogP contribution < -0.4 is 19.7 Å². The molecule has 0 spiro atoms. The van der Waals surface area contributed by atoms with E-state index in [1.165, 1.54) is 26.4 Å². The van der Waals surface area contributed by atoms with E-state index in [4.69, 9.17) is 13.9 Å². The largest absolute Gasteiger partial charge is 0.493 e. The number of hydrogen-bond acceptors (Lipinski definition) is 8. The molecule has 1 saturated heterocycles. The fraction of sp³-hybridized carbons (Fsp3) is 0.185. The number of anilines is 1. The zero-order valence-electron chi connectivity index (χ0n) is 20.6. The van der Waals surface area contributed by atoms with Crippen molar-refractivity contribution in [3.63, 3.8) is 0 Å². The molecule has 0 saturated carbocycles. The van der Waals surface area contributed by atoms with Crippen LogP contribution in [0.15, 0.2) is 58.5 Å². The zero-order valence-corrected chi connectivity index (χ0v) is 20.6.